The van der Waals surface area contributed by atoms with E-state index in [9.17, 15) is 29.7 Å². The molecule has 0 spiro atoms. The van der Waals surface area contributed by atoms with Gasteiger partial charge in [0.05, 0.1) is 31.4 Å². The number of thioether (sulfide) groups is 1. The monoisotopic (exact) mass is 551 g/mol. The number of benzene rings is 2. The van der Waals surface area contributed by atoms with E-state index in [4.69, 9.17) is 10.00 Å². The number of nitriles is 1. The zero-order valence-electron chi connectivity index (χ0n) is 21.9. The van der Waals surface area contributed by atoms with Crippen molar-refractivity contribution in [3.63, 3.8) is 0 Å². The zero-order chi connectivity index (χ0) is 28.5. The molecule has 39 heavy (non-hydrogen) atoms. The summed E-state index contributed by atoms with van der Waals surface area (Å²) >= 11 is 1.32. The maximum Gasteiger partial charge on any atom is 0.303 e. The molecule has 9 heteroatoms. The van der Waals surface area contributed by atoms with Gasteiger partial charge in [-0.15, -0.1) is 11.8 Å². The van der Waals surface area contributed by atoms with Crippen LogP contribution >= 0.6 is 11.8 Å². The average molecular weight is 552 g/mol. The van der Waals surface area contributed by atoms with Gasteiger partial charge >= 0.3 is 17.9 Å². The van der Waals surface area contributed by atoms with Gasteiger partial charge in [-0.05, 0) is 53.3 Å². The van der Waals surface area contributed by atoms with Crippen LogP contribution in [0.5, 0.6) is 0 Å². The van der Waals surface area contributed by atoms with E-state index in [-0.39, 0.29) is 19.3 Å². The Bertz CT molecular complexity index is 1250. The first kappa shape index (κ1) is 29.9. The number of ether oxygens (including phenoxy) is 1. The summed E-state index contributed by atoms with van der Waals surface area (Å²) < 4.78 is 6.38. The van der Waals surface area contributed by atoms with E-state index in [1.54, 1.807) is 12.3 Å². The molecule has 0 radical (unpaired) electrons. The molecule has 3 N–H and O–H groups in total. The standard InChI is InChI=1S/C30H33NO7S/c1-18-6-11-21(14-22(18)13-20-9-7-19(8-10-20)5-3-4-12-31)29-24(16-27(34)35)23(15-26(32)33)25(17-28(36)37)30(38-29)39-2/h3,5-11,14,23-25,29-30H,4,13,15-17H2,1-2H3,(H,32,33)(H,34,35)(H,36,37)/b5-3+/t23-,24+,25+,29-,30-/m1/s1. The Hall–Kier alpha value is -3.61. The molecule has 1 aliphatic heterocycles. The van der Waals surface area contributed by atoms with Gasteiger partial charge in [-0.1, -0.05) is 54.6 Å². The maximum atomic E-state index is 11.9. The van der Waals surface area contributed by atoms with Gasteiger partial charge in [-0.25, -0.2) is 0 Å². The lowest BCUT2D eigenvalue weighted by molar-refractivity contribution is -0.161. The van der Waals surface area contributed by atoms with Crippen molar-refractivity contribution in [2.75, 3.05) is 6.26 Å². The molecular formula is C30H33NO7S. The van der Waals surface area contributed by atoms with Crippen LogP contribution in [0.3, 0.4) is 0 Å². The molecule has 2 aromatic carbocycles. The number of hydrogen-bond donors (Lipinski definition) is 3. The normalized spacial score (nSPS) is 22.8. The van der Waals surface area contributed by atoms with Crippen LogP contribution in [0.2, 0.25) is 0 Å². The second-order valence-electron chi connectivity index (χ2n) is 9.81. The molecule has 3 rings (SSSR count). The molecule has 1 fully saturated rings. The molecule has 0 aliphatic carbocycles. The molecular weight excluding hydrogens is 518 g/mol. The Labute approximate surface area is 232 Å². The predicted molar refractivity (Wildman–Crippen MR) is 148 cm³/mol. The number of nitrogens with zero attached hydrogens (tertiary/aromatic N) is 1. The number of allylic oxidation sites excluding steroid dienone is 1. The Morgan fingerprint density at radius 3 is 2.15 bits per heavy atom. The fraction of sp³-hybridized carbons (Fsp3) is 0.400. The van der Waals surface area contributed by atoms with E-state index < -0.39 is 47.2 Å². The number of carbonyl (C=O) groups is 3. The molecule has 0 bridgehead atoms. The number of rotatable bonds is 12. The summed E-state index contributed by atoms with van der Waals surface area (Å²) in [5.74, 6) is -5.29. The van der Waals surface area contributed by atoms with Crippen LogP contribution in [-0.4, -0.2) is 44.9 Å². The maximum absolute atomic E-state index is 11.9. The smallest absolute Gasteiger partial charge is 0.303 e. The minimum absolute atomic E-state index is 0.298. The van der Waals surface area contributed by atoms with Crippen molar-refractivity contribution >= 4 is 35.7 Å². The van der Waals surface area contributed by atoms with Gasteiger partial charge in [0.15, 0.2) is 0 Å². The molecule has 206 valence electrons. The van der Waals surface area contributed by atoms with Gasteiger partial charge < -0.3 is 20.1 Å². The fourth-order valence-electron chi connectivity index (χ4n) is 5.33. The van der Waals surface area contributed by atoms with Crippen molar-refractivity contribution in [1.82, 2.24) is 0 Å². The molecule has 1 saturated heterocycles. The quantitative estimate of drug-likeness (QED) is 0.309. The largest absolute Gasteiger partial charge is 0.481 e. The summed E-state index contributed by atoms with van der Waals surface area (Å²) in [6.45, 7) is 2.00. The highest BCUT2D eigenvalue weighted by atomic mass is 32.2. The number of aryl methyl sites for hydroxylation is 1. The zero-order valence-corrected chi connectivity index (χ0v) is 22.8. The number of carboxylic acid groups (broad SMARTS) is 3. The van der Waals surface area contributed by atoms with E-state index in [2.05, 4.69) is 6.07 Å². The van der Waals surface area contributed by atoms with E-state index in [1.807, 2.05) is 55.5 Å². The van der Waals surface area contributed by atoms with Gasteiger partial charge in [-0.2, -0.15) is 5.26 Å². The first-order chi connectivity index (χ1) is 18.6. The molecule has 8 nitrogen and oxygen atoms in total. The second-order valence-corrected chi connectivity index (χ2v) is 10.8. The molecule has 1 aliphatic rings. The van der Waals surface area contributed by atoms with Crippen molar-refractivity contribution in [3.8, 4) is 6.07 Å². The summed E-state index contributed by atoms with van der Waals surface area (Å²) in [5.41, 5.74) is 4.31. The van der Waals surface area contributed by atoms with E-state index >= 15 is 0 Å². The van der Waals surface area contributed by atoms with Crippen molar-refractivity contribution < 1.29 is 34.4 Å². The van der Waals surface area contributed by atoms with Crippen LogP contribution in [0.1, 0.15) is 59.6 Å². The minimum Gasteiger partial charge on any atom is -0.481 e. The average Bonchev–Trinajstić information content (AvgIpc) is 2.88. The third-order valence-electron chi connectivity index (χ3n) is 7.18. The Kier molecular flexibility index (Phi) is 10.7. The van der Waals surface area contributed by atoms with E-state index in [0.29, 0.717) is 12.8 Å². The minimum atomic E-state index is -1.10. The summed E-state index contributed by atoms with van der Waals surface area (Å²) in [6, 6.07) is 15.9. The summed E-state index contributed by atoms with van der Waals surface area (Å²) in [4.78, 5) is 35.3. The molecule has 0 amide bonds. The first-order valence-corrected chi connectivity index (χ1v) is 14.0. The SMILES string of the molecule is CS[C@H]1O[C@H](c2ccc(C)c(Cc3ccc(/C=C/CC#N)cc3)c2)[C@@H](CC(=O)O)[C@@H](CC(=O)O)[C@@H]1CC(=O)O. The third kappa shape index (κ3) is 8.19. The van der Waals surface area contributed by atoms with Gasteiger partial charge in [0, 0.05) is 18.3 Å². The molecule has 0 aromatic heterocycles. The highest BCUT2D eigenvalue weighted by molar-refractivity contribution is 7.99. The lowest BCUT2D eigenvalue weighted by Crippen LogP contribution is -2.45. The number of aliphatic carboxylic acids is 3. The van der Waals surface area contributed by atoms with Gasteiger partial charge in [0.1, 0.15) is 5.44 Å². The van der Waals surface area contributed by atoms with Crippen LogP contribution in [-0.2, 0) is 25.5 Å². The van der Waals surface area contributed by atoms with Crippen LogP contribution in [0.15, 0.2) is 48.5 Å². The highest BCUT2D eigenvalue weighted by Crippen LogP contribution is 2.50. The van der Waals surface area contributed by atoms with Gasteiger partial charge in [0.25, 0.3) is 0 Å². The lowest BCUT2D eigenvalue weighted by Gasteiger charge is -2.46. The number of carboxylic acids is 3. The Morgan fingerprint density at radius 2 is 1.56 bits per heavy atom. The van der Waals surface area contributed by atoms with Gasteiger partial charge in [-0.3, -0.25) is 14.4 Å². The fourth-order valence-corrected chi connectivity index (χ4v) is 6.21. The van der Waals surface area contributed by atoms with E-state index in [1.165, 1.54) is 11.8 Å². The van der Waals surface area contributed by atoms with Crippen molar-refractivity contribution in [2.24, 2.45) is 17.8 Å². The first-order valence-electron chi connectivity index (χ1n) is 12.7. The predicted octanol–water partition coefficient (Wildman–Crippen LogP) is 5.55. The highest BCUT2D eigenvalue weighted by Gasteiger charge is 2.48. The summed E-state index contributed by atoms with van der Waals surface area (Å²) in [7, 11) is 0. The van der Waals surface area contributed by atoms with Crippen LogP contribution in [0, 0.1) is 36.0 Å². The summed E-state index contributed by atoms with van der Waals surface area (Å²) in [5, 5.41) is 37.6. The van der Waals surface area contributed by atoms with Crippen LogP contribution in [0.25, 0.3) is 6.08 Å². The number of hydrogen-bond acceptors (Lipinski definition) is 6. The van der Waals surface area contributed by atoms with Crippen molar-refractivity contribution in [3.05, 3.63) is 76.4 Å². The molecule has 5 atom stereocenters. The second kappa shape index (κ2) is 14.0. The Balaban J connectivity index is 1.96. The van der Waals surface area contributed by atoms with Crippen LogP contribution < -0.4 is 0 Å². The van der Waals surface area contributed by atoms with Crippen LogP contribution in [0.4, 0.5) is 0 Å². The molecule has 0 saturated carbocycles. The molecule has 2 aromatic rings. The lowest BCUT2D eigenvalue weighted by atomic mass is 9.70. The molecule has 0 unspecified atom stereocenters. The van der Waals surface area contributed by atoms with Crippen molar-refractivity contribution in [1.29, 1.82) is 5.26 Å². The topological polar surface area (TPSA) is 145 Å². The Morgan fingerprint density at radius 1 is 0.949 bits per heavy atom. The van der Waals surface area contributed by atoms with Gasteiger partial charge in [0.2, 0.25) is 0 Å². The third-order valence-corrected chi connectivity index (χ3v) is 8.10. The molecule has 1 heterocycles. The van der Waals surface area contributed by atoms with Crippen molar-refractivity contribution in [2.45, 2.75) is 50.6 Å². The van der Waals surface area contributed by atoms with E-state index in [0.717, 1.165) is 27.8 Å². The summed E-state index contributed by atoms with van der Waals surface area (Å²) in [6.07, 6.45) is 4.81.